The number of hydrogen-bond donors (Lipinski definition) is 1. The summed E-state index contributed by atoms with van der Waals surface area (Å²) in [5, 5.41) is 9.77. The monoisotopic (exact) mass is 254 g/mol. The SMILES string of the molecule is C=C1CC23CC1CCC2c1ccccc1C3C(=O)O. The Morgan fingerprint density at radius 3 is 2.74 bits per heavy atom. The van der Waals surface area contributed by atoms with E-state index in [-0.39, 0.29) is 11.3 Å². The topological polar surface area (TPSA) is 37.3 Å². The molecule has 2 heteroatoms. The van der Waals surface area contributed by atoms with Crippen molar-refractivity contribution in [1.29, 1.82) is 0 Å². The molecule has 98 valence electrons. The smallest absolute Gasteiger partial charge is 0.311 e. The van der Waals surface area contributed by atoms with Crippen molar-refractivity contribution in [3.05, 3.63) is 47.5 Å². The number of carboxylic acid groups (broad SMARTS) is 1. The van der Waals surface area contributed by atoms with Gasteiger partial charge in [0.1, 0.15) is 0 Å². The third-order valence-electron chi connectivity index (χ3n) is 5.76. The third-order valence-corrected chi connectivity index (χ3v) is 5.76. The van der Waals surface area contributed by atoms with E-state index in [1.54, 1.807) is 0 Å². The van der Waals surface area contributed by atoms with Crippen LogP contribution in [0.15, 0.2) is 36.4 Å². The van der Waals surface area contributed by atoms with E-state index in [4.69, 9.17) is 0 Å². The summed E-state index contributed by atoms with van der Waals surface area (Å²) < 4.78 is 0. The molecule has 1 aromatic rings. The molecule has 2 fully saturated rings. The van der Waals surface area contributed by atoms with Gasteiger partial charge in [-0.3, -0.25) is 4.79 Å². The highest BCUT2D eigenvalue weighted by Gasteiger charge is 2.61. The van der Waals surface area contributed by atoms with E-state index in [0.717, 1.165) is 24.8 Å². The standard InChI is InChI=1S/C17H18O2/c1-10-8-17-9-11(10)6-7-14(17)12-4-2-3-5-13(12)15(17)16(18)19/h2-5,11,14-15H,1,6-9H2,(H,18,19). The van der Waals surface area contributed by atoms with Crippen molar-refractivity contribution in [1.82, 2.24) is 0 Å². The number of allylic oxidation sites excluding steroid dienone is 1. The Kier molecular flexibility index (Phi) is 2.08. The van der Waals surface area contributed by atoms with Gasteiger partial charge < -0.3 is 5.11 Å². The Morgan fingerprint density at radius 1 is 1.26 bits per heavy atom. The number of rotatable bonds is 1. The van der Waals surface area contributed by atoms with Gasteiger partial charge in [0.25, 0.3) is 0 Å². The summed E-state index contributed by atoms with van der Waals surface area (Å²) in [7, 11) is 0. The summed E-state index contributed by atoms with van der Waals surface area (Å²) in [4.78, 5) is 11.9. The van der Waals surface area contributed by atoms with E-state index in [2.05, 4.69) is 12.6 Å². The lowest BCUT2D eigenvalue weighted by Crippen LogP contribution is -2.33. The molecule has 3 aliphatic rings. The molecule has 1 N–H and O–H groups in total. The number of fused-ring (bicyclic) bond motifs is 3. The van der Waals surface area contributed by atoms with Crippen molar-refractivity contribution in [2.75, 3.05) is 0 Å². The molecule has 3 aliphatic carbocycles. The van der Waals surface area contributed by atoms with Gasteiger partial charge in [-0.2, -0.15) is 0 Å². The number of aliphatic carboxylic acids is 1. The first-order valence-corrected chi connectivity index (χ1v) is 7.13. The van der Waals surface area contributed by atoms with E-state index in [9.17, 15) is 9.90 Å². The normalized spacial score (nSPS) is 38.9. The molecular formula is C17H18O2. The van der Waals surface area contributed by atoms with Crippen LogP contribution >= 0.6 is 0 Å². The zero-order chi connectivity index (χ0) is 13.2. The quantitative estimate of drug-likeness (QED) is 0.776. The lowest BCUT2D eigenvalue weighted by molar-refractivity contribution is -0.142. The fraction of sp³-hybridized carbons (Fsp3) is 0.471. The second-order valence-electron chi connectivity index (χ2n) is 6.50. The number of carbonyl (C=O) groups is 1. The van der Waals surface area contributed by atoms with Crippen LogP contribution in [0.4, 0.5) is 0 Å². The fourth-order valence-electron chi connectivity index (χ4n) is 5.14. The predicted molar refractivity (Wildman–Crippen MR) is 73.1 cm³/mol. The van der Waals surface area contributed by atoms with Crippen LogP contribution in [-0.4, -0.2) is 11.1 Å². The Bertz CT molecular complexity index is 589. The third kappa shape index (κ3) is 1.24. The highest BCUT2D eigenvalue weighted by molar-refractivity contribution is 5.80. The van der Waals surface area contributed by atoms with Gasteiger partial charge in [0.05, 0.1) is 5.92 Å². The summed E-state index contributed by atoms with van der Waals surface area (Å²) in [5.74, 6) is 0.0220. The van der Waals surface area contributed by atoms with Gasteiger partial charge in [0.15, 0.2) is 0 Å². The molecular weight excluding hydrogens is 236 g/mol. The van der Waals surface area contributed by atoms with Gasteiger partial charge >= 0.3 is 5.97 Å². The van der Waals surface area contributed by atoms with E-state index < -0.39 is 5.97 Å². The largest absolute Gasteiger partial charge is 0.481 e. The van der Waals surface area contributed by atoms with Gasteiger partial charge in [0.2, 0.25) is 0 Å². The summed E-state index contributed by atoms with van der Waals surface area (Å²) in [6.07, 6.45) is 4.26. The number of carboxylic acids is 1. The Hall–Kier alpha value is -1.57. The first kappa shape index (κ1) is 11.3. The first-order chi connectivity index (χ1) is 9.13. The Labute approximate surface area is 113 Å². The maximum atomic E-state index is 11.9. The van der Waals surface area contributed by atoms with Crippen LogP contribution in [0.2, 0.25) is 0 Å². The van der Waals surface area contributed by atoms with Crippen LogP contribution in [0.25, 0.3) is 0 Å². The molecule has 0 radical (unpaired) electrons. The molecule has 4 rings (SSSR count). The van der Waals surface area contributed by atoms with Crippen molar-refractivity contribution in [3.8, 4) is 0 Å². The minimum absolute atomic E-state index is 0.0739. The van der Waals surface area contributed by atoms with Crippen molar-refractivity contribution in [3.63, 3.8) is 0 Å². The molecule has 0 aliphatic heterocycles. The van der Waals surface area contributed by atoms with Crippen LogP contribution in [0.1, 0.15) is 48.6 Å². The fourth-order valence-corrected chi connectivity index (χ4v) is 5.14. The van der Waals surface area contributed by atoms with E-state index in [1.165, 1.54) is 17.6 Å². The molecule has 19 heavy (non-hydrogen) atoms. The van der Waals surface area contributed by atoms with E-state index >= 15 is 0 Å². The summed E-state index contributed by atoms with van der Waals surface area (Å²) in [6, 6.07) is 8.19. The van der Waals surface area contributed by atoms with Crippen molar-refractivity contribution >= 4 is 5.97 Å². The molecule has 0 amide bonds. The van der Waals surface area contributed by atoms with Gasteiger partial charge in [-0.15, -0.1) is 0 Å². The van der Waals surface area contributed by atoms with Gasteiger partial charge in [0, 0.05) is 0 Å². The van der Waals surface area contributed by atoms with Crippen molar-refractivity contribution in [2.24, 2.45) is 11.3 Å². The second-order valence-corrected chi connectivity index (χ2v) is 6.50. The summed E-state index contributed by atoms with van der Waals surface area (Å²) in [5.41, 5.74) is 3.58. The average molecular weight is 254 g/mol. The zero-order valence-electron chi connectivity index (χ0n) is 10.9. The molecule has 0 saturated heterocycles. The second kappa shape index (κ2) is 3.50. The minimum atomic E-state index is -0.648. The molecule has 1 aromatic carbocycles. The number of benzene rings is 1. The summed E-state index contributed by atoms with van der Waals surface area (Å²) in [6.45, 7) is 4.22. The maximum absolute atomic E-state index is 11.9. The predicted octanol–water partition coefficient (Wildman–Crippen LogP) is 3.70. The van der Waals surface area contributed by atoms with Crippen molar-refractivity contribution in [2.45, 2.75) is 37.5 Å². The van der Waals surface area contributed by atoms with E-state index in [0.29, 0.717) is 11.8 Å². The van der Waals surface area contributed by atoms with Crippen LogP contribution in [0.5, 0.6) is 0 Å². The van der Waals surface area contributed by atoms with Crippen LogP contribution in [0, 0.1) is 11.3 Å². The molecule has 2 nitrogen and oxygen atoms in total. The van der Waals surface area contributed by atoms with E-state index in [1.807, 2.05) is 18.2 Å². The summed E-state index contributed by atoms with van der Waals surface area (Å²) >= 11 is 0. The van der Waals surface area contributed by atoms with Gasteiger partial charge in [-0.1, -0.05) is 36.4 Å². The Morgan fingerprint density at radius 2 is 2.00 bits per heavy atom. The minimum Gasteiger partial charge on any atom is -0.481 e. The Balaban J connectivity index is 1.94. The van der Waals surface area contributed by atoms with Crippen LogP contribution in [-0.2, 0) is 4.79 Å². The average Bonchev–Trinajstić information content (AvgIpc) is 2.80. The molecule has 0 heterocycles. The maximum Gasteiger partial charge on any atom is 0.311 e. The zero-order valence-corrected chi connectivity index (χ0v) is 10.9. The highest BCUT2D eigenvalue weighted by atomic mass is 16.4. The lowest BCUT2D eigenvalue weighted by atomic mass is 9.64. The first-order valence-electron chi connectivity index (χ1n) is 7.13. The molecule has 4 atom stereocenters. The van der Waals surface area contributed by atoms with Crippen LogP contribution < -0.4 is 0 Å². The molecule has 2 bridgehead atoms. The van der Waals surface area contributed by atoms with Crippen molar-refractivity contribution < 1.29 is 9.90 Å². The highest BCUT2D eigenvalue weighted by Crippen LogP contribution is 2.69. The molecule has 4 unspecified atom stereocenters. The van der Waals surface area contributed by atoms with Gasteiger partial charge in [-0.25, -0.2) is 0 Å². The van der Waals surface area contributed by atoms with Crippen LogP contribution in [0.3, 0.4) is 0 Å². The molecule has 2 saturated carbocycles. The van der Waals surface area contributed by atoms with Gasteiger partial charge in [-0.05, 0) is 54.1 Å². The number of hydrogen-bond acceptors (Lipinski definition) is 1. The molecule has 0 aromatic heterocycles. The molecule has 1 spiro atoms. The lowest BCUT2D eigenvalue weighted by Gasteiger charge is -2.38.